The van der Waals surface area contributed by atoms with Crippen molar-refractivity contribution < 1.29 is 13.6 Å². The van der Waals surface area contributed by atoms with Gasteiger partial charge in [-0.2, -0.15) is 9.61 Å². The number of halogens is 2. The van der Waals surface area contributed by atoms with Crippen molar-refractivity contribution in [2.75, 3.05) is 6.54 Å². The monoisotopic (exact) mass is 430 g/mol. The van der Waals surface area contributed by atoms with Crippen LogP contribution in [0.2, 0.25) is 0 Å². The van der Waals surface area contributed by atoms with Crippen LogP contribution in [0.1, 0.15) is 54.5 Å². The zero-order valence-electron chi connectivity index (χ0n) is 18.6. The fraction of sp³-hybridized carbons (Fsp3) is 0.435. The summed E-state index contributed by atoms with van der Waals surface area (Å²) in [5, 5.41) is 4.52. The second-order valence-electron chi connectivity index (χ2n) is 8.30. The van der Waals surface area contributed by atoms with Gasteiger partial charge in [0.1, 0.15) is 17.3 Å². The molecule has 8 heteroatoms. The first-order valence-corrected chi connectivity index (χ1v) is 10.5. The molecule has 6 nitrogen and oxygen atoms in total. The summed E-state index contributed by atoms with van der Waals surface area (Å²) in [5.41, 5.74) is 2.41. The molecule has 0 aliphatic rings. The Hall–Kier alpha value is -3.03. The molecular weight excluding hydrogens is 402 g/mol. The third-order valence-corrected chi connectivity index (χ3v) is 5.30. The Balaban J connectivity index is 2.11. The molecule has 0 saturated heterocycles. The maximum atomic E-state index is 14.3. The molecule has 0 saturated carbocycles. The lowest BCUT2D eigenvalue weighted by Gasteiger charge is -2.24. The van der Waals surface area contributed by atoms with Gasteiger partial charge in [0, 0.05) is 30.9 Å². The molecule has 2 aromatic heterocycles. The Morgan fingerprint density at radius 1 is 1.23 bits per heavy atom. The van der Waals surface area contributed by atoms with Crippen LogP contribution >= 0.6 is 0 Å². The van der Waals surface area contributed by atoms with Crippen molar-refractivity contribution in [1.29, 1.82) is 0 Å². The van der Waals surface area contributed by atoms with Gasteiger partial charge in [0.05, 0.1) is 17.8 Å². The molecule has 1 amide bonds. The lowest BCUT2D eigenvalue weighted by atomic mass is 10.1. The van der Waals surface area contributed by atoms with Crippen LogP contribution in [0.4, 0.5) is 8.78 Å². The molecule has 0 aliphatic heterocycles. The summed E-state index contributed by atoms with van der Waals surface area (Å²) in [6.07, 6.45) is 1.50. The number of benzene rings is 1. The summed E-state index contributed by atoms with van der Waals surface area (Å²) in [5.74, 6) is -1.95. The first-order chi connectivity index (χ1) is 14.6. The Labute approximate surface area is 180 Å². The minimum Gasteiger partial charge on any atom is -0.333 e. The van der Waals surface area contributed by atoms with Crippen LogP contribution in [0.25, 0.3) is 5.65 Å². The third kappa shape index (κ3) is 4.52. The van der Waals surface area contributed by atoms with Crippen LogP contribution in [0, 0.1) is 24.5 Å². The van der Waals surface area contributed by atoms with Crippen LogP contribution < -0.4 is 5.56 Å². The van der Waals surface area contributed by atoms with E-state index in [1.807, 2.05) is 39.3 Å². The predicted molar refractivity (Wildman–Crippen MR) is 115 cm³/mol. The number of carbonyl (C=O) groups excluding carboxylic acids is 1. The maximum Gasteiger partial charge on any atom is 0.274 e. The molecule has 2 heterocycles. The van der Waals surface area contributed by atoms with E-state index in [1.165, 1.54) is 15.5 Å². The molecule has 0 aliphatic carbocycles. The van der Waals surface area contributed by atoms with Crippen molar-refractivity contribution in [3.63, 3.8) is 0 Å². The summed E-state index contributed by atoms with van der Waals surface area (Å²) >= 11 is 0. The van der Waals surface area contributed by atoms with E-state index in [0.29, 0.717) is 24.3 Å². The Kier molecular flexibility index (Phi) is 6.57. The Morgan fingerprint density at radius 3 is 2.58 bits per heavy atom. The number of carbonyl (C=O) groups is 1. The molecule has 0 atom stereocenters. The average molecular weight is 430 g/mol. The second kappa shape index (κ2) is 8.99. The van der Waals surface area contributed by atoms with Gasteiger partial charge < -0.3 is 9.47 Å². The van der Waals surface area contributed by atoms with Gasteiger partial charge in [-0.25, -0.2) is 8.78 Å². The number of fused-ring (bicyclic) bond motifs is 1. The van der Waals surface area contributed by atoms with Crippen LogP contribution in [0.5, 0.6) is 0 Å². The van der Waals surface area contributed by atoms with Crippen molar-refractivity contribution in [2.24, 2.45) is 13.0 Å². The van der Waals surface area contributed by atoms with Crippen LogP contribution in [-0.4, -0.2) is 31.5 Å². The van der Waals surface area contributed by atoms with Crippen molar-refractivity contribution in [3.8, 4) is 0 Å². The molecule has 3 rings (SSSR count). The van der Waals surface area contributed by atoms with E-state index in [9.17, 15) is 18.4 Å². The number of amides is 1. The zero-order chi connectivity index (χ0) is 22.9. The first kappa shape index (κ1) is 22.7. The molecule has 166 valence electrons. The molecule has 0 N–H and O–H groups in total. The van der Waals surface area contributed by atoms with Gasteiger partial charge in [0.25, 0.3) is 11.5 Å². The van der Waals surface area contributed by atoms with Gasteiger partial charge in [-0.15, -0.1) is 0 Å². The summed E-state index contributed by atoms with van der Waals surface area (Å²) < 4.78 is 31.3. The van der Waals surface area contributed by atoms with Gasteiger partial charge in [-0.1, -0.05) is 27.2 Å². The largest absolute Gasteiger partial charge is 0.333 e. The topological polar surface area (TPSA) is 59.6 Å². The lowest BCUT2D eigenvalue weighted by molar-refractivity contribution is 0.0714. The van der Waals surface area contributed by atoms with Crippen molar-refractivity contribution in [3.05, 3.63) is 68.8 Å². The summed E-state index contributed by atoms with van der Waals surface area (Å²) in [6, 6.07) is 4.37. The van der Waals surface area contributed by atoms with E-state index in [-0.39, 0.29) is 23.6 Å². The first-order valence-electron chi connectivity index (χ1n) is 10.5. The minimum atomic E-state index is -0.771. The van der Waals surface area contributed by atoms with E-state index < -0.39 is 17.5 Å². The third-order valence-electron chi connectivity index (χ3n) is 5.30. The second-order valence-corrected chi connectivity index (χ2v) is 8.30. The fourth-order valence-corrected chi connectivity index (χ4v) is 3.79. The highest BCUT2D eigenvalue weighted by Gasteiger charge is 2.25. The molecule has 1 aromatic carbocycles. The van der Waals surface area contributed by atoms with Crippen LogP contribution in [0.15, 0.2) is 29.1 Å². The normalized spacial score (nSPS) is 11.5. The SMILES string of the molecule is CCCc1c(CN(CC(C)C)C(=O)c2cc(F)ccc2F)nn2c(=O)cc(C)n(C)c12. The molecule has 0 spiro atoms. The zero-order valence-corrected chi connectivity index (χ0v) is 18.6. The van der Waals surface area contributed by atoms with Gasteiger partial charge in [-0.3, -0.25) is 9.59 Å². The molecule has 0 fully saturated rings. The molecular formula is C23H28F2N4O2. The summed E-state index contributed by atoms with van der Waals surface area (Å²) in [4.78, 5) is 27.2. The van der Waals surface area contributed by atoms with Crippen molar-refractivity contribution in [1.82, 2.24) is 19.1 Å². The van der Waals surface area contributed by atoms with Gasteiger partial charge in [0.15, 0.2) is 0 Å². The quantitative estimate of drug-likeness (QED) is 0.572. The number of aryl methyl sites for hydroxylation is 3. The van der Waals surface area contributed by atoms with E-state index in [2.05, 4.69) is 5.10 Å². The smallest absolute Gasteiger partial charge is 0.274 e. The van der Waals surface area contributed by atoms with Gasteiger partial charge in [0.2, 0.25) is 0 Å². The van der Waals surface area contributed by atoms with Crippen molar-refractivity contribution in [2.45, 2.75) is 47.1 Å². The highest BCUT2D eigenvalue weighted by molar-refractivity contribution is 5.94. The van der Waals surface area contributed by atoms with Crippen molar-refractivity contribution >= 4 is 11.6 Å². The van der Waals surface area contributed by atoms with Gasteiger partial charge >= 0.3 is 0 Å². The maximum absolute atomic E-state index is 14.3. The van der Waals surface area contributed by atoms with E-state index in [1.54, 1.807) is 0 Å². The number of aromatic nitrogens is 3. The van der Waals surface area contributed by atoms with Crippen LogP contribution in [-0.2, 0) is 20.0 Å². The number of hydrogen-bond acceptors (Lipinski definition) is 3. The highest BCUT2D eigenvalue weighted by atomic mass is 19.1. The summed E-state index contributed by atoms with van der Waals surface area (Å²) in [6.45, 7) is 8.20. The number of nitrogens with zero attached hydrogens (tertiary/aromatic N) is 4. The average Bonchev–Trinajstić information content (AvgIpc) is 3.06. The highest BCUT2D eigenvalue weighted by Crippen LogP contribution is 2.22. The lowest BCUT2D eigenvalue weighted by Crippen LogP contribution is -2.35. The summed E-state index contributed by atoms with van der Waals surface area (Å²) in [7, 11) is 1.87. The standard InChI is InChI=1S/C23H28F2N4O2/c1-6-7-17-20(26-29-21(30)10-15(4)27(5)22(17)29)13-28(12-14(2)3)23(31)18-11-16(24)8-9-19(18)25/h8-11,14H,6-7,12-13H2,1-5H3. The van der Waals surface area contributed by atoms with E-state index in [4.69, 9.17) is 0 Å². The fourth-order valence-electron chi connectivity index (χ4n) is 3.79. The predicted octanol–water partition coefficient (Wildman–Crippen LogP) is 3.87. The Bertz CT molecular complexity index is 1180. The number of hydrogen-bond donors (Lipinski definition) is 0. The van der Waals surface area contributed by atoms with Crippen LogP contribution in [0.3, 0.4) is 0 Å². The molecule has 31 heavy (non-hydrogen) atoms. The Morgan fingerprint density at radius 2 is 1.94 bits per heavy atom. The molecule has 0 unspecified atom stereocenters. The molecule has 0 radical (unpaired) electrons. The van der Waals surface area contributed by atoms with Gasteiger partial charge in [-0.05, 0) is 37.5 Å². The van der Waals surface area contributed by atoms with E-state index >= 15 is 0 Å². The minimum absolute atomic E-state index is 0.0978. The number of rotatable bonds is 7. The molecule has 0 bridgehead atoms. The van der Waals surface area contributed by atoms with E-state index in [0.717, 1.165) is 35.9 Å². The molecule has 3 aromatic rings.